The molecule has 2 heterocycles. The zero-order valence-electron chi connectivity index (χ0n) is 16.5. The maximum atomic E-state index is 13.8. The normalized spacial score (nSPS) is 18.4. The number of aromatic nitrogens is 2. The Bertz CT molecular complexity index is 1170. The molecular formula is C21H15BrF6N4O. The third kappa shape index (κ3) is 4.85. The van der Waals surface area contributed by atoms with E-state index >= 15 is 0 Å². The summed E-state index contributed by atoms with van der Waals surface area (Å²) < 4.78 is 81.6. The molecule has 174 valence electrons. The fourth-order valence-corrected chi connectivity index (χ4v) is 3.88. The Kier molecular flexibility index (Phi) is 5.89. The molecule has 0 unspecified atom stereocenters. The molecule has 1 aliphatic heterocycles. The van der Waals surface area contributed by atoms with Gasteiger partial charge in [0.2, 0.25) is 0 Å². The summed E-state index contributed by atoms with van der Waals surface area (Å²) in [7, 11) is 0. The molecule has 1 aliphatic rings. The molecule has 33 heavy (non-hydrogen) atoms. The van der Waals surface area contributed by atoms with E-state index in [1.807, 2.05) is 0 Å². The van der Waals surface area contributed by atoms with Gasteiger partial charge >= 0.3 is 12.4 Å². The van der Waals surface area contributed by atoms with Crippen LogP contribution in [0.5, 0.6) is 0 Å². The number of hydrogen-bond donors (Lipinski definition) is 2. The second-order valence-electron chi connectivity index (χ2n) is 7.43. The Morgan fingerprint density at radius 3 is 2.42 bits per heavy atom. The van der Waals surface area contributed by atoms with E-state index in [0.29, 0.717) is 10.2 Å². The highest BCUT2D eigenvalue weighted by atomic mass is 79.9. The van der Waals surface area contributed by atoms with Crippen LogP contribution in [0.15, 0.2) is 59.2 Å². The molecule has 2 N–H and O–H groups in total. The standard InChI is InChI=1S/C21H15BrF6N4O/c22-13-6-4-11(5-7-13)16-9-17(21(26,27)28)32-18(31-16)15(10-29-32)19(33)30-14-3-1-2-12(8-14)20(23,24)25/h1-8,10,16-17,31H,9H2,(H,30,33)/t16-,17+/m0/s1. The van der Waals surface area contributed by atoms with E-state index < -0.39 is 35.9 Å². The SMILES string of the molecule is O=C(Nc1cccc(C(F)(F)F)c1)c1cnn2c1N[C@H](c1ccc(Br)cc1)C[C@@H]2C(F)(F)F. The number of nitrogens with zero attached hydrogens (tertiary/aromatic N) is 2. The van der Waals surface area contributed by atoms with Crippen LogP contribution in [0.3, 0.4) is 0 Å². The van der Waals surface area contributed by atoms with Gasteiger partial charge in [-0.05, 0) is 35.9 Å². The molecule has 5 nitrogen and oxygen atoms in total. The molecule has 0 fully saturated rings. The van der Waals surface area contributed by atoms with Gasteiger partial charge in [-0.15, -0.1) is 0 Å². The van der Waals surface area contributed by atoms with Gasteiger partial charge in [0.1, 0.15) is 11.4 Å². The smallest absolute Gasteiger partial charge is 0.363 e. The van der Waals surface area contributed by atoms with Crippen LogP contribution in [0.1, 0.15) is 40.0 Å². The van der Waals surface area contributed by atoms with Crippen molar-refractivity contribution in [3.8, 4) is 0 Å². The Morgan fingerprint density at radius 1 is 1.09 bits per heavy atom. The zero-order valence-corrected chi connectivity index (χ0v) is 18.1. The number of hydrogen-bond acceptors (Lipinski definition) is 3. The molecule has 0 radical (unpaired) electrons. The summed E-state index contributed by atoms with van der Waals surface area (Å²) >= 11 is 3.27. The van der Waals surface area contributed by atoms with Crippen LogP contribution in [0.25, 0.3) is 0 Å². The van der Waals surface area contributed by atoms with Gasteiger partial charge in [0.05, 0.1) is 17.8 Å². The lowest BCUT2D eigenvalue weighted by Gasteiger charge is -2.34. The largest absolute Gasteiger partial charge is 0.416 e. The quantitative estimate of drug-likeness (QED) is 0.375. The first kappa shape index (κ1) is 23.1. The molecule has 1 amide bonds. The number of benzene rings is 2. The Balaban J connectivity index is 1.67. The first-order valence-electron chi connectivity index (χ1n) is 9.58. The first-order valence-corrected chi connectivity index (χ1v) is 10.4. The molecule has 1 aromatic heterocycles. The molecule has 2 aromatic carbocycles. The van der Waals surface area contributed by atoms with E-state index in [4.69, 9.17) is 0 Å². The summed E-state index contributed by atoms with van der Waals surface area (Å²) in [5.74, 6) is -1.05. The molecular weight excluding hydrogens is 518 g/mol. The summed E-state index contributed by atoms with van der Waals surface area (Å²) in [4.78, 5) is 12.8. The van der Waals surface area contributed by atoms with Crippen LogP contribution >= 0.6 is 15.9 Å². The third-order valence-electron chi connectivity index (χ3n) is 5.20. The van der Waals surface area contributed by atoms with Crippen LogP contribution in [0.2, 0.25) is 0 Å². The van der Waals surface area contributed by atoms with E-state index in [-0.39, 0.29) is 23.5 Å². The first-order chi connectivity index (χ1) is 15.4. The lowest BCUT2D eigenvalue weighted by molar-refractivity contribution is -0.173. The average molecular weight is 533 g/mol. The molecule has 3 aromatic rings. The Labute approximate surface area is 191 Å². The third-order valence-corrected chi connectivity index (χ3v) is 5.73. The highest BCUT2D eigenvalue weighted by molar-refractivity contribution is 9.10. The number of amides is 1. The van der Waals surface area contributed by atoms with Crippen LogP contribution in [-0.2, 0) is 6.18 Å². The van der Waals surface area contributed by atoms with Crippen molar-refractivity contribution in [3.63, 3.8) is 0 Å². The van der Waals surface area contributed by atoms with E-state index in [2.05, 4.69) is 31.7 Å². The highest BCUT2D eigenvalue weighted by Gasteiger charge is 2.47. The van der Waals surface area contributed by atoms with Crippen molar-refractivity contribution in [2.75, 3.05) is 10.6 Å². The highest BCUT2D eigenvalue weighted by Crippen LogP contribution is 2.44. The monoisotopic (exact) mass is 532 g/mol. The fraction of sp³-hybridized carbons (Fsp3) is 0.238. The minimum Gasteiger partial charge on any atom is -0.363 e. The van der Waals surface area contributed by atoms with Crippen molar-refractivity contribution in [2.24, 2.45) is 0 Å². The summed E-state index contributed by atoms with van der Waals surface area (Å²) in [5, 5.41) is 8.99. The number of carbonyl (C=O) groups is 1. The summed E-state index contributed by atoms with van der Waals surface area (Å²) in [6, 6.07) is 7.88. The number of fused-ring (bicyclic) bond motifs is 1. The van der Waals surface area contributed by atoms with Gasteiger partial charge in [-0.2, -0.15) is 31.4 Å². The number of rotatable bonds is 3. The Morgan fingerprint density at radius 2 is 1.79 bits per heavy atom. The number of carbonyl (C=O) groups excluding carboxylic acids is 1. The van der Waals surface area contributed by atoms with E-state index in [9.17, 15) is 31.1 Å². The maximum Gasteiger partial charge on any atom is 0.416 e. The van der Waals surface area contributed by atoms with Crippen LogP contribution in [-0.4, -0.2) is 21.9 Å². The van der Waals surface area contributed by atoms with Crippen LogP contribution in [0, 0.1) is 0 Å². The van der Waals surface area contributed by atoms with Crippen molar-refractivity contribution < 1.29 is 31.1 Å². The van der Waals surface area contributed by atoms with E-state index in [1.54, 1.807) is 24.3 Å². The van der Waals surface area contributed by atoms with Gasteiger partial charge < -0.3 is 10.6 Å². The lowest BCUT2D eigenvalue weighted by atomic mass is 9.96. The predicted molar refractivity (Wildman–Crippen MR) is 112 cm³/mol. The van der Waals surface area contributed by atoms with Crippen molar-refractivity contribution >= 4 is 33.3 Å². The van der Waals surface area contributed by atoms with Gasteiger partial charge in [0.15, 0.2) is 6.04 Å². The molecule has 0 bridgehead atoms. The van der Waals surface area contributed by atoms with Gasteiger partial charge in [0.25, 0.3) is 5.91 Å². The fourth-order valence-electron chi connectivity index (χ4n) is 3.61. The predicted octanol–water partition coefficient (Wildman–Crippen LogP) is 6.58. The maximum absolute atomic E-state index is 13.8. The topological polar surface area (TPSA) is 59.0 Å². The van der Waals surface area contributed by atoms with Gasteiger partial charge in [0, 0.05) is 16.6 Å². The number of alkyl halides is 6. The number of anilines is 2. The van der Waals surface area contributed by atoms with Crippen molar-refractivity contribution in [2.45, 2.75) is 30.9 Å². The summed E-state index contributed by atoms with van der Waals surface area (Å²) in [6.07, 6.45) is -8.63. The second kappa shape index (κ2) is 8.40. The molecule has 2 atom stereocenters. The van der Waals surface area contributed by atoms with Crippen LogP contribution < -0.4 is 10.6 Å². The van der Waals surface area contributed by atoms with Gasteiger partial charge in [-0.25, -0.2) is 4.68 Å². The number of halogens is 7. The van der Waals surface area contributed by atoms with Gasteiger partial charge in [-0.1, -0.05) is 34.1 Å². The minimum absolute atomic E-state index is 0.151. The minimum atomic E-state index is -4.63. The Hall–Kier alpha value is -3.02. The van der Waals surface area contributed by atoms with Crippen molar-refractivity contribution in [1.82, 2.24) is 9.78 Å². The van der Waals surface area contributed by atoms with E-state index in [0.717, 1.165) is 28.9 Å². The van der Waals surface area contributed by atoms with E-state index in [1.165, 1.54) is 6.07 Å². The zero-order chi connectivity index (χ0) is 24.0. The van der Waals surface area contributed by atoms with Crippen molar-refractivity contribution in [3.05, 3.63) is 75.9 Å². The lowest BCUT2D eigenvalue weighted by Crippen LogP contribution is -2.36. The molecule has 4 rings (SSSR count). The molecule has 0 saturated carbocycles. The summed E-state index contributed by atoms with van der Waals surface area (Å²) in [6.45, 7) is 0. The second-order valence-corrected chi connectivity index (χ2v) is 8.34. The number of nitrogens with one attached hydrogen (secondary N) is 2. The summed E-state index contributed by atoms with van der Waals surface area (Å²) in [5.41, 5.74) is -0.766. The molecule has 0 saturated heterocycles. The molecule has 12 heteroatoms. The van der Waals surface area contributed by atoms with Gasteiger partial charge in [-0.3, -0.25) is 4.79 Å². The molecule has 0 spiro atoms. The molecule has 0 aliphatic carbocycles. The average Bonchev–Trinajstić information content (AvgIpc) is 3.16. The van der Waals surface area contributed by atoms with Crippen molar-refractivity contribution in [1.29, 1.82) is 0 Å². The van der Waals surface area contributed by atoms with Crippen LogP contribution in [0.4, 0.5) is 37.8 Å².